The summed E-state index contributed by atoms with van der Waals surface area (Å²) < 4.78 is 0. The average Bonchev–Trinajstić information content (AvgIpc) is 2.75. The van der Waals surface area contributed by atoms with Crippen LogP contribution in [0.3, 0.4) is 0 Å². The first-order valence-electron chi connectivity index (χ1n) is 5.72. The Kier molecular flexibility index (Phi) is 3.51. The van der Waals surface area contributed by atoms with E-state index in [1.807, 2.05) is 6.07 Å². The second kappa shape index (κ2) is 4.91. The van der Waals surface area contributed by atoms with E-state index in [0.29, 0.717) is 0 Å². The van der Waals surface area contributed by atoms with Gasteiger partial charge in [0, 0.05) is 15.8 Å². The fourth-order valence-corrected chi connectivity index (χ4v) is 2.78. The third-order valence-electron chi connectivity index (χ3n) is 2.24. The second-order valence-electron chi connectivity index (χ2n) is 5.07. The molecule has 1 aromatic carbocycles. The Labute approximate surface area is 108 Å². The van der Waals surface area contributed by atoms with Gasteiger partial charge in [-0.3, -0.25) is 0 Å². The Bertz CT molecular complexity index is 550. The van der Waals surface area contributed by atoms with E-state index in [4.69, 9.17) is 0 Å². The predicted molar refractivity (Wildman–Crippen MR) is 80.0 cm³/mol. The molecule has 0 bridgehead atoms. The number of thiophene rings is 1. The Morgan fingerprint density at radius 3 is 2.41 bits per heavy atom. The van der Waals surface area contributed by atoms with Crippen molar-refractivity contribution in [1.82, 2.24) is 0 Å². The topological polar surface area (TPSA) is 0 Å². The molecule has 0 N–H and O–H groups in total. The van der Waals surface area contributed by atoms with Gasteiger partial charge in [0.1, 0.15) is 8.07 Å². The Hall–Kier alpha value is -1.30. The normalized spacial score (nSPS) is 10.8. The highest BCUT2D eigenvalue weighted by Crippen LogP contribution is 2.26. The van der Waals surface area contributed by atoms with Crippen LogP contribution >= 0.6 is 11.3 Å². The fourth-order valence-electron chi connectivity index (χ4n) is 1.42. The van der Waals surface area contributed by atoms with Crippen LogP contribution in [0.1, 0.15) is 5.56 Å². The average molecular weight is 256 g/mol. The highest BCUT2D eigenvalue weighted by atomic mass is 32.1. The highest BCUT2D eigenvalue weighted by Gasteiger charge is 2.07. The van der Waals surface area contributed by atoms with E-state index in [-0.39, 0.29) is 0 Å². The van der Waals surface area contributed by atoms with E-state index in [1.54, 1.807) is 11.3 Å². The van der Waals surface area contributed by atoms with E-state index in [9.17, 15) is 0 Å². The molecule has 0 spiro atoms. The summed E-state index contributed by atoms with van der Waals surface area (Å²) in [4.78, 5) is 1.30. The minimum Gasteiger partial charge on any atom is -0.142 e. The van der Waals surface area contributed by atoms with Crippen LogP contribution in [-0.2, 0) is 0 Å². The lowest BCUT2D eigenvalue weighted by molar-refractivity contribution is 1.69. The molecule has 17 heavy (non-hydrogen) atoms. The lowest BCUT2D eigenvalue weighted by Gasteiger charge is -2.02. The maximum atomic E-state index is 3.40. The van der Waals surface area contributed by atoms with Gasteiger partial charge >= 0.3 is 0 Å². The molecule has 2 heteroatoms. The van der Waals surface area contributed by atoms with Crippen LogP contribution in [0.2, 0.25) is 19.6 Å². The van der Waals surface area contributed by atoms with Gasteiger partial charge < -0.3 is 0 Å². The van der Waals surface area contributed by atoms with Crippen LogP contribution in [0.5, 0.6) is 0 Å². The number of hydrogen-bond donors (Lipinski definition) is 0. The van der Waals surface area contributed by atoms with E-state index in [2.05, 4.69) is 66.8 Å². The van der Waals surface area contributed by atoms with Crippen molar-refractivity contribution in [1.29, 1.82) is 0 Å². The summed E-state index contributed by atoms with van der Waals surface area (Å²) in [5.41, 5.74) is 5.82. The number of hydrogen-bond acceptors (Lipinski definition) is 1. The smallest absolute Gasteiger partial charge is 0.129 e. The summed E-state index contributed by atoms with van der Waals surface area (Å²) in [7, 11) is -1.27. The lowest BCUT2D eigenvalue weighted by Crippen LogP contribution is -2.16. The van der Waals surface area contributed by atoms with Crippen molar-refractivity contribution >= 4 is 19.4 Å². The molecule has 0 nitrogen and oxygen atoms in total. The first-order chi connectivity index (χ1) is 8.04. The SMILES string of the molecule is C[Si](C)(C)C#Cc1csc(-c2ccccc2)c1. The summed E-state index contributed by atoms with van der Waals surface area (Å²) in [5.74, 6) is 3.30. The molecule has 0 unspecified atom stereocenters. The van der Waals surface area contributed by atoms with Gasteiger partial charge in [-0.15, -0.1) is 16.9 Å². The highest BCUT2D eigenvalue weighted by molar-refractivity contribution is 7.13. The molecule has 0 atom stereocenters. The summed E-state index contributed by atoms with van der Waals surface area (Å²) >= 11 is 1.77. The summed E-state index contributed by atoms with van der Waals surface area (Å²) in [6.07, 6.45) is 0. The second-order valence-corrected chi connectivity index (χ2v) is 10.7. The molecule has 1 aromatic heterocycles. The fraction of sp³-hybridized carbons (Fsp3) is 0.200. The van der Waals surface area contributed by atoms with Crippen molar-refractivity contribution in [2.24, 2.45) is 0 Å². The standard InChI is InChI=1S/C15H16SSi/c1-17(2,3)10-9-13-11-15(16-12-13)14-7-5-4-6-8-14/h4-8,11-12H,1-3H3. The molecule has 0 amide bonds. The molecule has 0 saturated heterocycles. The minimum atomic E-state index is -1.27. The molecule has 1 heterocycles. The largest absolute Gasteiger partial charge is 0.142 e. The van der Waals surface area contributed by atoms with Crippen LogP contribution in [0.25, 0.3) is 10.4 Å². The Balaban J connectivity index is 2.25. The van der Waals surface area contributed by atoms with Gasteiger partial charge in [-0.25, -0.2) is 0 Å². The molecular formula is C15H16SSi. The van der Waals surface area contributed by atoms with Gasteiger partial charge in [-0.2, -0.15) is 0 Å². The molecule has 0 fully saturated rings. The zero-order valence-corrected chi connectivity index (χ0v) is 12.3. The van der Waals surface area contributed by atoms with Crippen molar-refractivity contribution < 1.29 is 0 Å². The van der Waals surface area contributed by atoms with Crippen molar-refractivity contribution in [3.05, 3.63) is 47.3 Å². The molecular weight excluding hydrogens is 240 g/mol. The van der Waals surface area contributed by atoms with Crippen molar-refractivity contribution in [2.45, 2.75) is 19.6 Å². The molecule has 0 radical (unpaired) electrons. The zero-order chi connectivity index (χ0) is 12.3. The van der Waals surface area contributed by atoms with Gasteiger partial charge in [0.15, 0.2) is 0 Å². The summed E-state index contributed by atoms with van der Waals surface area (Å²) in [5, 5.41) is 2.15. The van der Waals surface area contributed by atoms with Crippen molar-refractivity contribution in [3.8, 4) is 21.9 Å². The van der Waals surface area contributed by atoms with Crippen molar-refractivity contribution in [2.75, 3.05) is 0 Å². The third kappa shape index (κ3) is 3.59. The lowest BCUT2D eigenvalue weighted by atomic mass is 10.2. The maximum absolute atomic E-state index is 3.40. The monoisotopic (exact) mass is 256 g/mol. The van der Waals surface area contributed by atoms with Crippen LogP contribution in [-0.4, -0.2) is 8.07 Å². The molecule has 0 aliphatic carbocycles. The Morgan fingerprint density at radius 1 is 1.06 bits per heavy atom. The first-order valence-corrected chi connectivity index (χ1v) is 10.1. The Morgan fingerprint density at radius 2 is 1.76 bits per heavy atom. The third-order valence-corrected chi connectivity index (χ3v) is 4.09. The van der Waals surface area contributed by atoms with E-state index in [1.165, 1.54) is 10.4 Å². The summed E-state index contributed by atoms with van der Waals surface area (Å²) in [6, 6.07) is 12.7. The van der Waals surface area contributed by atoms with Crippen molar-refractivity contribution in [3.63, 3.8) is 0 Å². The van der Waals surface area contributed by atoms with Crippen LogP contribution in [0.4, 0.5) is 0 Å². The quantitative estimate of drug-likeness (QED) is 0.515. The minimum absolute atomic E-state index is 1.15. The first kappa shape index (κ1) is 12.2. The van der Waals surface area contributed by atoms with E-state index in [0.717, 1.165) is 5.56 Å². The number of benzene rings is 1. The van der Waals surface area contributed by atoms with Gasteiger partial charge in [0.2, 0.25) is 0 Å². The van der Waals surface area contributed by atoms with Gasteiger partial charge in [-0.1, -0.05) is 55.9 Å². The molecule has 0 saturated carbocycles. The van der Waals surface area contributed by atoms with Crippen LogP contribution in [0.15, 0.2) is 41.8 Å². The molecule has 2 aromatic rings. The van der Waals surface area contributed by atoms with Crippen LogP contribution < -0.4 is 0 Å². The van der Waals surface area contributed by atoms with E-state index < -0.39 is 8.07 Å². The van der Waals surface area contributed by atoms with E-state index >= 15 is 0 Å². The van der Waals surface area contributed by atoms with Gasteiger partial charge in [0.05, 0.1) is 0 Å². The molecule has 0 aliphatic rings. The zero-order valence-electron chi connectivity index (χ0n) is 10.4. The molecule has 86 valence electrons. The maximum Gasteiger partial charge on any atom is 0.129 e. The summed E-state index contributed by atoms with van der Waals surface area (Å²) in [6.45, 7) is 6.80. The van der Waals surface area contributed by atoms with Gasteiger partial charge in [-0.05, 0) is 11.6 Å². The van der Waals surface area contributed by atoms with Gasteiger partial charge in [0.25, 0.3) is 0 Å². The molecule has 2 rings (SSSR count). The predicted octanol–water partition coefficient (Wildman–Crippen LogP) is 4.64. The van der Waals surface area contributed by atoms with Crippen LogP contribution in [0, 0.1) is 11.5 Å². The molecule has 0 aliphatic heterocycles. The number of rotatable bonds is 1.